The van der Waals surface area contributed by atoms with Gasteiger partial charge in [-0.05, 0) is 24.6 Å². The Kier molecular flexibility index (Phi) is 4.43. The fourth-order valence-corrected chi connectivity index (χ4v) is 2.54. The van der Waals surface area contributed by atoms with Crippen molar-refractivity contribution < 1.29 is 0 Å². The van der Waals surface area contributed by atoms with E-state index in [-0.39, 0.29) is 0 Å². The largest absolute Gasteiger partial charge is 0.308 e. The van der Waals surface area contributed by atoms with E-state index in [0.29, 0.717) is 5.15 Å². The van der Waals surface area contributed by atoms with Crippen molar-refractivity contribution in [2.24, 2.45) is 7.05 Å². The molecule has 3 nitrogen and oxygen atoms in total. The molecule has 1 N–H and O–H groups in total. The van der Waals surface area contributed by atoms with E-state index in [1.54, 1.807) is 4.68 Å². The molecule has 2 aromatic rings. The normalized spacial score (nSPS) is 10.9. The van der Waals surface area contributed by atoms with Crippen LogP contribution in [0.25, 0.3) is 0 Å². The molecule has 0 radical (unpaired) electrons. The van der Waals surface area contributed by atoms with Crippen molar-refractivity contribution in [1.29, 1.82) is 0 Å². The zero-order valence-electron chi connectivity index (χ0n) is 10.4. The lowest BCUT2D eigenvalue weighted by molar-refractivity contribution is 0.690. The Morgan fingerprint density at radius 1 is 1.39 bits per heavy atom. The van der Waals surface area contributed by atoms with Gasteiger partial charge in [0.25, 0.3) is 0 Å². The summed E-state index contributed by atoms with van der Waals surface area (Å²) in [6.07, 6.45) is 0. The maximum absolute atomic E-state index is 6.17. The Bertz CT molecular complexity index is 551. The fourth-order valence-electron chi connectivity index (χ4n) is 1.85. The highest BCUT2D eigenvalue weighted by molar-refractivity contribution is 9.10. The maximum Gasteiger partial charge on any atom is 0.131 e. The Hall–Kier alpha value is -0.840. The summed E-state index contributed by atoms with van der Waals surface area (Å²) in [5, 5.41) is 8.37. The van der Waals surface area contributed by atoms with Gasteiger partial charge in [-0.15, -0.1) is 0 Å². The van der Waals surface area contributed by atoms with Crippen LogP contribution in [-0.4, -0.2) is 9.78 Å². The number of hydrogen-bond donors (Lipinski definition) is 1. The quantitative estimate of drug-likeness (QED) is 0.932. The third-order valence-electron chi connectivity index (χ3n) is 2.79. The summed E-state index contributed by atoms with van der Waals surface area (Å²) in [5.41, 5.74) is 3.28. The predicted octanol–water partition coefficient (Wildman–Crippen LogP) is 3.43. The van der Waals surface area contributed by atoms with Crippen LogP contribution in [0.3, 0.4) is 0 Å². The number of aryl methyl sites for hydroxylation is 2. The lowest BCUT2D eigenvalue weighted by Crippen LogP contribution is -2.13. The van der Waals surface area contributed by atoms with Crippen LogP contribution in [0.2, 0.25) is 5.15 Å². The molecular formula is C13H15BrClN3. The van der Waals surface area contributed by atoms with Gasteiger partial charge in [-0.25, -0.2) is 0 Å². The van der Waals surface area contributed by atoms with E-state index in [1.807, 2.05) is 26.1 Å². The molecule has 0 fully saturated rings. The van der Waals surface area contributed by atoms with E-state index in [2.05, 4.69) is 38.5 Å². The summed E-state index contributed by atoms with van der Waals surface area (Å²) in [4.78, 5) is 0. The number of benzene rings is 1. The van der Waals surface area contributed by atoms with Gasteiger partial charge in [-0.1, -0.05) is 39.7 Å². The van der Waals surface area contributed by atoms with Gasteiger partial charge in [0, 0.05) is 30.2 Å². The first-order valence-electron chi connectivity index (χ1n) is 5.71. The molecule has 0 saturated carbocycles. The second-order valence-electron chi connectivity index (χ2n) is 4.21. The first-order valence-corrected chi connectivity index (χ1v) is 6.88. The molecule has 0 bridgehead atoms. The molecular weight excluding hydrogens is 314 g/mol. The predicted molar refractivity (Wildman–Crippen MR) is 77.6 cm³/mol. The minimum atomic E-state index is 0.703. The monoisotopic (exact) mass is 327 g/mol. The molecule has 0 amide bonds. The fraction of sp³-hybridized carbons (Fsp3) is 0.308. The summed E-state index contributed by atoms with van der Waals surface area (Å²) in [5.74, 6) is 0. The third kappa shape index (κ3) is 3.13. The Labute approximate surface area is 120 Å². The highest BCUT2D eigenvalue weighted by Crippen LogP contribution is 2.18. The second kappa shape index (κ2) is 5.87. The van der Waals surface area contributed by atoms with Crippen LogP contribution in [0.4, 0.5) is 0 Å². The second-order valence-corrected chi connectivity index (χ2v) is 5.49. The van der Waals surface area contributed by atoms with Gasteiger partial charge in [0.2, 0.25) is 0 Å². The first kappa shape index (κ1) is 13.6. The molecule has 1 aromatic heterocycles. The van der Waals surface area contributed by atoms with Crippen molar-refractivity contribution in [3.05, 3.63) is 50.7 Å². The molecule has 0 saturated heterocycles. The summed E-state index contributed by atoms with van der Waals surface area (Å²) in [7, 11) is 1.85. The van der Waals surface area contributed by atoms with Crippen molar-refractivity contribution in [2.45, 2.75) is 20.0 Å². The molecule has 96 valence electrons. The smallest absolute Gasteiger partial charge is 0.131 e. The number of hydrogen-bond acceptors (Lipinski definition) is 2. The van der Waals surface area contributed by atoms with Gasteiger partial charge >= 0.3 is 0 Å². The lowest BCUT2D eigenvalue weighted by Gasteiger charge is -2.05. The van der Waals surface area contributed by atoms with Crippen LogP contribution in [0.1, 0.15) is 16.8 Å². The topological polar surface area (TPSA) is 29.9 Å². The van der Waals surface area contributed by atoms with Crippen molar-refractivity contribution >= 4 is 27.5 Å². The van der Waals surface area contributed by atoms with Crippen molar-refractivity contribution in [2.75, 3.05) is 0 Å². The summed E-state index contributed by atoms with van der Waals surface area (Å²) >= 11 is 9.64. The van der Waals surface area contributed by atoms with E-state index in [9.17, 15) is 0 Å². The zero-order valence-corrected chi connectivity index (χ0v) is 12.7. The van der Waals surface area contributed by atoms with Crippen molar-refractivity contribution in [3.63, 3.8) is 0 Å². The van der Waals surface area contributed by atoms with Gasteiger partial charge in [-0.3, -0.25) is 4.68 Å². The minimum Gasteiger partial charge on any atom is -0.308 e. The minimum absolute atomic E-state index is 0.703. The molecule has 0 aliphatic rings. The summed E-state index contributed by atoms with van der Waals surface area (Å²) < 4.78 is 2.80. The molecule has 18 heavy (non-hydrogen) atoms. The van der Waals surface area contributed by atoms with Crippen LogP contribution in [0.5, 0.6) is 0 Å². The summed E-state index contributed by atoms with van der Waals surface area (Å²) in [6, 6.07) is 8.25. The van der Waals surface area contributed by atoms with E-state index >= 15 is 0 Å². The lowest BCUT2D eigenvalue weighted by atomic mass is 10.2. The van der Waals surface area contributed by atoms with Crippen LogP contribution < -0.4 is 5.32 Å². The van der Waals surface area contributed by atoms with Gasteiger partial charge in [-0.2, -0.15) is 5.10 Å². The maximum atomic E-state index is 6.17. The molecule has 0 aliphatic carbocycles. The standard InChI is InChI=1S/C13H15BrClN3/c1-9-12(13(15)18(2)17-9)8-16-7-10-4-3-5-11(14)6-10/h3-6,16H,7-8H2,1-2H3. The molecule has 0 spiro atoms. The molecule has 1 heterocycles. The number of aromatic nitrogens is 2. The zero-order chi connectivity index (χ0) is 13.1. The molecule has 0 atom stereocenters. The SMILES string of the molecule is Cc1nn(C)c(Cl)c1CNCc1cccc(Br)c1. The Balaban J connectivity index is 1.96. The van der Waals surface area contributed by atoms with E-state index in [1.165, 1.54) is 5.56 Å². The van der Waals surface area contributed by atoms with Crippen LogP contribution in [0.15, 0.2) is 28.7 Å². The van der Waals surface area contributed by atoms with Gasteiger partial charge in [0.15, 0.2) is 0 Å². The van der Waals surface area contributed by atoms with Crippen LogP contribution >= 0.6 is 27.5 Å². The molecule has 2 rings (SSSR count). The first-order chi connectivity index (χ1) is 8.58. The number of nitrogens with zero attached hydrogens (tertiary/aromatic N) is 2. The molecule has 0 aliphatic heterocycles. The van der Waals surface area contributed by atoms with Crippen molar-refractivity contribution in [3.8, 4) is 0 Å². The average Bonchev–Trinajstić information content (AvgIpc) is 2.56. The van der Waals surface area contributed by atoms with Crippen LogP contribution in [-0.2, 0) is 20.1 Å². The van der Waals surface area contributed by atoms with Gasteiger partial charge in [0.05, 0.1) is 5.69 Å². The van der Waals surface area contributed by atoms with Crippen LogP contribution in [0, 0.1) is 6.92 Å². The Morgan fingerprint density at radius 3 is 2.78 bits per heavy atom. The highest BCUT2D eigenvalue weighted by atomic mass is 79.9. The molecule has 5 heteroatoms. The number of halogens is 2. The van der Waals surface area contributed by atoms with Gasteiger partial charge < -0.3 is 5.32 Å². The van der Waals surface area contributed by atoms with E-state index in [4.69, 9.17) is 11.6 Å². The van der Waals surface area contributed by atoms with Gasteiger partial charge in [0.1, 0.15) is 5.15 Å². The highest BCUT2D eigenvalue weighted by Gasteiger charge is 2.10. The Morgan fingerprint density at radius 2 is 2.17 bits per heavy atom. The average molecular weight is 329 g/mol. The van der Waals surface area contributed by atoms with Crippen molar-refractivity contribution in [1.82, 2.24) is 15.1 Å². The number of rotatable bonds is 4. The molecule has 0 unspecified atom stereocenters. The van der Waals surface area contributed by atoms with E-state index < -0.39 is 0 Å². The molecule has 1 aromatic carbocycles. The summed E-state index contributed by atoms with van der Waals surface area (Å²) in [6.45, 7) is 3.51. The van der Waals surface area contributed by atoms with E-state index in [0.717, 1.165) is 28.8 Å². The number of nitrogens with one attached hydrogen (secondary N) is 1. The third-order valence-corrected chi connectivity index (χ3v) is 3.76.